The zero-order chi connectivity index (χ0) is 20.6. The number of carbonyl (C=O) groups is 1. The van der Waals surface area contributed by atoms with Crippen LogP contribution in [0.2, 0.25) is 0 Å². The SMILES string of the molecule is CCOC(=O)C1CCN(c2ccc(CNNc3ccccc3)cc2[N+](=O)[O-])CC1. The van der Waals surface area contributed by atoms with Crippen LogP contribution < -0.4 is 15.8 Å². The van der Waals surface area contributed by atoms with Crippen molar-refractivity contribution in [3.8, 4) is 0 Å². The minimum Gasteiger partial charge on any atom is -0.466 e. The number of nitro benzene ring substituents is 1. The summed E-state index contributed by atoms with van der Waals surface area (Å²) in [5, 5.41) is 11.6. The van der Waals surface area contributed by atoms with Crippen LogP contribution in [-0.4, -0.2) is 30.6 Å². The van der Waals surface area contributed by atoms with Gasteiger partial charge < -0.3 is 15.1 Å². The van der Waals surface area contributed by atoms with Crippen LogP contribution in [0.5, 0.6) is 0 Å². The van der Waals surface area contributed by atoms with Crippen LogP contribution >= 0.6 is 0 Å². The highest BCUT2D eigenvalue weighted by Gasteiger charge is 2.29. The van der Waals surface area contributed by atoms with Crippen molar-refractivity contribution < 1.29 is 14.5 Å². The van der Waals surface area contributed by atoms with Crippen molar-refractivity contribution in [2.75, 3.05) is 30.0 Å². The van der Waals surface area contributed by atoms with Crippen LogP contribution in [0, 0.1) is 16.0 Å². The number of ether oxygens (including phenoxy) is 1. The summed E-state index contributed by atoms with van der Waals surface area (Å²) in [6.45, 7) is 3.80. The van der Waals surface area contributed by atoms with Crippen molar-refractivity contribution in [3.63, 3.8) is 0 Å². The number of anilines is 2. The number of piperidine rings is 1. The number of nitrogens with zero attached hydrogens (tertiary/aromatic N) is 2. The maximum Gasteiger partial charge on any atom is 0.309 e. The number of rotatable bonds is 8. The first kappa shape index (κ1) is 20.6. The summed E-state index contributed by atoms with van der Waals surface area (Å²) < 4.78 is 5.09. The van der Waals surface area contributed by atoms with Gasteiger partial charge in [-0.2, -0.15) is 0 Å². The molecule has 0 radical (unpaired) electrons. The summed E-state index contributed by atoms with van der Waals surface area (Å²) in [4.78, 5) is 25.2. The number of hydrazine groups is 1. The van der Waals surface area contributed by atoms with Gasteiger partial charge >= 0.3 is 5.97 Å². The average molecular weight is 398 g/mol. The Morgan fingerprint density at radius 1 is 1.21 bits per heavy atom. The molecule has 1 heterocycles. The first-order valence-electron chi connectivity index (χ1n) is 9.81. The minimum absolute atomic E-state index is 0.0820. The van der Waals surface area contributed by atoms with E-state index in [9.17, 15) is 14.9 Å². The fraction of sp³-hybridized carbons (Fsp3) is 0.381. The lowest BCUT2D eigenvalue weighted by molar-refractivity contribution is -0.384. The lowest BCUT2D eigenvalue weighted by Gasteiger charge is -2.32. The molecule has 0 saturated carbocycles. The third kappa shape index (κ3) is 5.45. The Hall–Kier alpha value is -3.13. The molecule has 0 spiro atoms. The summed E-state index contributed by atoms with van der Waals surface area (Å²) in [5.41, 5.74) is 8.55. The molecule has 0 bridgehead atoms. The first-order valence-corrected chi connectivity index (χ1v) is 9.81. The monoisotopic (exact) mass is 398 g/mol. The van der Waals surface area contributed by atoms with E-state index in [1.807, 2.05) is 41.3 Å². The molecule has 0 aromatic heterocycles. The number of benzene rings is 2. The van der Waals surface area contributed by atoms with Gasteiger partial charge in [0.25, 0.3) is 5.69 Å². The highest BCUT2D eigenvalue weighted by molar-refractivity contribution is 5.73. The van der Waals surface area contributed by atoms with Gasteiger partial charge in [-0.05, 0) is 43.5 Å². The van der Waals surface area contributed by atoms with Gasteiger partial charge in [0.05, 0.1) is 17.4 Å². The predicted octanol–water partition coefficient (Wildman–Crippen LogP) is 3.49. The van der Waals surface area contributed by atoms with Gasteiger partial charge in [-0.3, -0.25) is 14.9 Å². The van der Waals surface area contributed by atoms with E-state index >= 15 is 0 Å². The molecule has 2 aromatic carbocycles. The largest absolute Gasteiger partial charge is 0.466 e. The van der Waals surface area contributed by atoms with Gasteiger partial charge in [-0.1, -0.05) is 24.3 Å². The van der Waals surface area contributed by atoms with E-state index in [-0.39, 0.29) is 22.5 Å². The molecule has 8 heteroatoms. The molecule has 0 atom stereocenters. The minimum atomic E-state index is -0.346. The molecule has 154 valence electrons. The molecule has 1 fully saturated rings. The van der Waals surface area contributed by atoms with Crippen molar-refractivity contribution in [3.05, 3.63) is 64.2 Å². The fourth-order valence-corrected chi connectivity index (χ4v) is 3.48. The average Bonchev–Trinajstić information content (AvgIpc) is 2.75. The smallest absolute Gasteiger partial charge is 0.309 e. The summed E-state index contributed by atoms with van der Waals surface area (Å²) in [7, 11) is 0. The van der Waals surface area contributed by atoms with E-state index in [0.717, 1.165) is 11.3 Å². The Morgan fingerprint density at radius 3 is 2.59 bits per heavy atom. The van der Waals surface area contributed by atoms with Gasteiger partial charge in [-0.25, -0.2) is 5.43 Å². The molecular weight excluding hydrogens is 372 g/mol. The van der Waals surface area contributed by atoms with Crippen LogP contribution in [0.1, 0.15) is 25.3 Å². The van der Waals surface area contributed by atoms with Crippen molar-refractivity contribution in [1.82, 2.24) is 5.43 Å². The quantitative estimate of drug-likeness (QED) is 0.399. The predicted molar refractivity (Wildman–Crippen MR) is 112 cm³/mol. The molecule has 29 heavy (non-hydrogen) atoms. The normalized spacial score (nSPS) is 14.4. The Balaban J connectivity index is 1.62. The van der Waals surface area contributed by atoms with E-state index in [4.69, 9.17) is 4.74 Å². The fourth-order valence-electron chi connectivity index (χ4n) is 3.48. The summed E-state index contributed by atoms with van der Waals surface area (Å²) in [6.07, 6.45) is 1.28. The highest BCUT2D eigenvalue weighted by atomic mass is 16.6. The number of nitrogens with one attached hydrogen (secondary N) is 2. The van der Waals surface area contributed by atoms with E-state index in [1.54, 1.807) is 19.1 Å². The lowest BCUT2D eigenvalue weighted by atomic mass is 9.96. The summed E-state index contributed by atoms with van der Waals surface area (Å²) in [5.74, 6) is -0.299. The molecule has 2 aromatic rings. The number of hydrogen-bond acceptors (Lipinski definition) is 7. The zero-order valence-electron chi connectivity index (χ0n) is 16.5. The van der Waals surface area contributed by atoms with Gasteiger partial charge in [0, 0.05) is 31.4 Å². The molecule has 0 aliphatic carbocycles. The molecular formula is C21H26N4O4. The third-order valence-corrected chi connectivity index (χ3v) is 4.99. The van der Waals surface area contributed by atoms with Gasteiger partial charge in [0.15, 0.2) is 0 Å². The van der Waals surface area contributed by atoms with Crippen LogP contribution in [0.25, 0.3) is 0 Å². The molecule has 0 amide bonds. The maximum atomic E-state index is 11.9. The second kappa shape index (κ2) is 9.88. The van der Waals surface area contributed by atoms with Crippen LogP contribution in [0.15, 0.2) is 48.5 Å². The number of nitro groups is 1. The molecule has 1 aliphatic rings. The number of hydrogen-bond donors (Lipinski definition) is 2. The van der Waals surface area contributed by atoms with Gasteiger partial charge in [-0.15, -0.1) is 0 Å². The first-order chi connectivity index (χ1) is 14.1. The standard InChI is InChI=1S/C21H26N4O4/c1-2-29-21(26)17-10-12-24(13-11-17)19-9-8-16(14-20(19)25(27)28)15-22-23-18-6-4-3-5-7-18/h3-9,14,17,22-23H,2,10-13,15H2,1H3. The van der Waals surface area contributed by atoms with E-state index in [2.05, 4.69) is 10.9 Å². The summed E-state index contributed by atoms with van der Waals surface area (Å²) in [6, 6.07) is 14.9. The van der Waals surface area contributed by atoms with Crippen molar-refractivity contribution in [2.24, 2.45) is 5.92 Å². The number of carbonyl (C=O) groups excluding carboxylic acids is 1. The lowest BCUT2D eigenvalue weighted by Crippen LogP contribution is -2.37. The molecule has 3 rings (SSSR count). The Morgan fingerprint density at radius 2 is 1.93 bits per heavy atom. The Bertz CT molecular complexity index is 836. The Kier molecular flexibility index (Phi) is 7.02. The van der Waals surface area contributed by atoms with Crippen molar-refractivity contribution in [1.29, 1.82) is 0 Å². The zero-order valence-corrected chi connectivity index (χ0v) is 16.5. The molecule has 1 aliphatic heterocycles. The Labute approximate surface area is 170 Å². The van der Waals surface area contributed by atoms with Crippen LogP contribution in [0.3, 0.4) is 0 Å². The van der Waals surface area contributed by atoms with Gasteiger partial charge in [0.1, 0.15) is 5.69 Å². The van der Waals surface area contributed by atoms with Gasteiger partial charge in [0.2, 0.25) is 0 Å². The molecule has 1 saturated heterocycles. The van der Waals surface area contributed by atoms with Crippen LogP contribution in [0.4, 0.5) is 17.1 Å². The number of para-hydroxylation sites is 1. The maximum absolute atomic E-state index is 11.9. The summed E-state index contributed by atoms with van der Waals surface area (Å²) >= 11 is 0. The second-order valence-corrected chi connectivity index (χ2v) is 6.94. The topological polar surface area (TPSA) is 96.7 Å². The highest BCUT2D eigenvalue weighted by Crippen LogP contribution is 2.32. The number of esters is 1. The second-order valence-electron chi connectivity index (χ2n) is 6.94. The molecule has 0 unspecified atom stereocenters. The van der Waals surface area contributed by atoms with Crippen molar-refractivity contribution >= 4 is 23.0 Å². The molecule has 8 nitrogen and oxygen atoms in total. The third-order valence-electron chi connectivity index (χ3n) is 4.99. The molecule has 2 N–H and O–H groups in total. The van der Waals surface area contributed by atoms with E-state index in [1.165, 1.54) is 0 Å². The van der Waals surface area contributed by atoms with Crippen molar-refractivity contribution in [2.45, 2.75) is 26.3 Å². The van der Waals surface area contributed by atoms with Crippen LogP contribution in [-0.2, 0) is 16.1 Å². The van der Waals surface area contributed by atoms with E-state index < -0.39 is 0 Å². The van der Waals surface area contributed by atoms with E-state index in [0.29, 0.717) is 44.8 Å².